The van der Waals surface area contributed by atoms with Crippen LogP contribution in [0.4, 0.5) is 24.9 Å². The van der Waals surface area contributed by atoms with Gasteiger partial charge >= 0.3 is 0 Å². The number of methoxy groups -OCH3 is 1. The molecule has 2 atom stereocenters. The number of rotatable bonds is 8. The Hall–Kier alpha value is -3.45. The van der Waals surface area contributed by atoms with Crippen molar-refractivity contribution in [2.45, 2.75) is 31.6 Å². The SMILES string of the molecule is COCCN1CC[C@H](Nc2nc(N)c3c(-c4ccc5ncn(CC(F)F)c5n4)ccn3n2)[C@H](F)C1. The molecule has 13 heteroatoms. The quantitative estimate of drug-likeness (QED) is 0.388. The first-order valence-corrected chi connectivity index (χ1v) is 11.3. The van der Waals surface area contributed by atoms with Gasteiger partial charge in [0.2, 0.25) is 5.95 Å². The molecule has 1 fully saturated rings. The smallest absolute Gasteiger partial charge is 0.256 e. The van der Waals surface area contributed by atoms with E-state index in [2.05, 4.69) is 25.4 Å². The van der Waals surface area contributed by atoms with Gasteiger partial charge in [-0.3, -0.25) is 4.90 Å². The first kappa shape index (κ1) is 23.3. The molecule has 186 valence electrons. The van der Waals surface area contributed by atoms with Gasteiger partial charge in [-0.25, -0.2) is 27.7 Å². The van der Waals surface area contributed by atoms with Gasteiger partial charge in [0.05, 0.1) is 31.2 Å². The van der Waals surface area contributed by atoms with Crippen molar-refractivity contribution in [2.24, 2.45) is 0 Å². The summed E-state index contributed by atoms with van der Waals surface area (Å²) in [4.78, 5) is 15.1. The van der Waals surface area contributed by atoms with Gasteiger partial charge < -0.3 is 20.4 Å². The molecule has 35 heavy (non-hydrogen) atoms. The first-order chi connectivity index (χ1) is 16.9. The van der Waals surface area contributed by atoms with Gasteiger partial charge in [-0.1, -0.05) is 0 Å². The third-order valence-corrected chi connectivity index (χ3v) is 6.16. The van der Waals surface area contributed by atoms with E-state index in [1.807, 2.05) is 4.90 Å². The van der Waals surface area contributed by atoms with Crippen molar-refractivity contribution in [3.8, 4) is 11.3 Å². The van der Waals surface area contributed by atoms with Crippen LogP contribution in [0.3, 0.4) is 0 Å². The maximum absolute atomic E-state index is 14.8. The molecule has 0 radical (unpaired) electrons. The zero-order valence-electron chi connectivity index (χ0n) is 19.1. The summed E-state index contributed by atoms with van der Waals surface area (Å²) in [5.41, 5.74) is 8.84. The molecule has 10 nitrogen and oxygen atoms in total. The molecular formula is C22H26F3N9O. The van der Waals surface area contributed by atoms with Crippen molar-refractivity contribution in [3.05, 3.63) is 30.7 Å². The molecule has 0 amide bonds. The van der Waals surface area contributed by atoms with E-state index in [4.69, 9.17) is 10.5 Å². The number of aromatic nitrogens is 6. The number of nitrogens with zero attached hydrogens (tertiary/aromatic N) is 7. The van der Waals surface area contributed by atoms with E-state index in [0.29, 0.717) is 54.1 Å². The molecule has 4 aromatic heterocycles. The fraction of sp³-hybridized carbons (Fsp3) is 0.455. The van der Waals surface area contributed by atoms with Crippen LogP contribution in [0.2, 0.25) is 0 Å². The number of pyridine rings is 1. The van der Waals surface area contributed by atoms with Crippen LogP contribution in [0.5, 0.6) is 0 Å². The molecule has 0 aromatic carbocycles. The van der Waals surface area contributed by atoms with Crippen LogP contribution in [0.1, 0.15) is 6.42 Å². The van der Waals surface area contributed by atoms with Crippen molar-refractivity contribution < 1.29 is 17.9 Å². The lowest BCUT2D eigenvalue weighted by Crippen LogP contribution is -2.48. The minimum atomic E-state index is -2.52. The van der Waals surface area contributed by atoms with Crippen molar-refractivity contribution >= 4 is 28.4 Å². The number of imidazole rings is 1. The number of ether oxygens (including phenoxy) is 1. The summed E-state index contributed by atoms with van der Waals surface area (Å²) >= 11 is 0. The fourth-order valence-corrected chi connectivity index (χ4v) is 4.41. The molecule has 0 spiro atoms. The monoisotopic (exact) mass is 489 g/mol. The number of hydrogen-bond donors (Lipinski definition) is 2. The summed E-state index contributed by atoms with van der Waals surface area (Å²) in [6.07, 6.45) is 0.0386. The topological polar surface area (TPSA) is 111 Å². The lowest BCUT2D eigenvalue weighted by molar-refractivity contribution is 0.0918. The highest BCUT2D eigenvalue weighted by atomic mass is 19.3. The van der Waals surface area contributed by atoms with E-state index < -0.39 is 25.2 Å². The molecule has 5 rings (SSSR count). The molecule has 0 unspecified atom stereocenters. The van der Waals surface area contributed by atoms with Crippen LogP contribution < -0.4 is 11.1 Å². The normalized spacial score (nSPS) is 19.2. The molecular weight excluding hydrogens is 463 g/mol. The van der Waals surface area contributed by atoms with Gasteiger partial charge in [0.1, 0.15) is 17.2 Å². The highest BCUT2D eigenvalue weighted by Gasteiger charge is 2.30. The van der Waals surface area contributed by atoms with Gasteiger partial charge in [0.15, 0.2) is 11.5 Å². The Morgan fingerprint density at radius 2 is 2.11 bits per heavy atom. The summed E-state index contributed by atoms with van der Waals surface area (Å²) in [5.74, 6) is 0.423. The molecule has 1 aliphatic heterocycles. The number of likely N-dealkylation sites (tertiary alicyclic amines) is 1. The highest BCUT2D eigenvalue weighted by Crippen LogP contribution is 2.29. The number of alkyl halides is 3. The molecule has 3 N–H and O–H groups in total. The summed E-state index contributed by atoms with van der Waals surface area (Å²) in [5, 5.41) is 7.54. The lowest BCUT2D eigenvalue weighted by atomic mass is 10.0. The van der Waals surface area contributed by atoms with Crippen LogP contribution in [0.15, 0.2) is 30.7 Å². The second-order valence-electron chi connectivity index (χ2n) is 8.52. The average Bonchev–Trinajstić information content (AvgIpc) is 3.43. The van der Waals surface area contributed by atoms with Crippen molar-refractivity contribution in [2.75, 3.05) is 44.4 Å². The second-order valence-corrected chi connectivity index (χ2v) is 8.52. The van der Waals surface area contributed by atoms with E-state index >= 15 is 0 Å². The maximum Gasteiger partial charge on any atom is 0.256 e. The van der Waals surface area contributed by atoms with Crippen LogP contribution in [0, 0.1) is 0 Å². The number of nitrogen functional groups attached to an aromatic ring is 1. The number of halogens is 3. The van der Waals surface area contributed by atoms with E-state index in [-0.39, 0.29) is 11.8 Å². The zero-order valence-corrected chi connectivity index (χ0v) is 19.1. The minimum Gasteiger partial charge on any atom is -0.383 e. The molecule has 5 heterocycles. The molecule has 0 saturated carbocycles. The predicted molar refractivity (Wildman–Crippen MR) is 125 cm³/mol. The third kappa shape index (κ3) is 4.73. The molecule has 4 aromatic rings. The van der Waals surface area contributed by atoms with Gasteiger partial charge in [-0.15, -0.1) is 5.10 Å². The van der Waals surface area contributed by atoms with E-state index in [1.54, 1.807) is 36.0 Å². The fourth-order valence-electron chi connectivity index (χ4n) is 4.41. The summed E-state index contributed by atoms with van der Waals surface area (Å²) in [6.45, 7) is 1.80. The Bertz CT molecular complexity index is 1320. The Labute approximate surface area is 198 Å². The molecule has 0 bridgehead atoms. The summed E-state index contributed by atoms with van der Waals surface area (Å²) in [7, 11) is 1.63. The summed E-state index contributed by atoms with van der Waals surface area (Å²) < 4.78 is 48.5. The number of anilines is 2. The van der Waals surface area contributed by atoms with Crippen LogP contribution in [0.25, 0.3) is 27.9 Å². The standard InChI is InChI=1S/C22H26F3N9O/c1-35-9-8-32-6-5-16(14(23)10-32)29-22-30-20(26)19-13(4-7-34(19)31-22)15-2-3-17-21(28-15)33(12-27-17)11-18(24)25/h2-4,7,12,14,16,18H,5-6,8-11H2,1H3,(H3,26,29,30,31)/t14-,16+/m1/s1. The van der Waals surface area contributed by atoms with Crippen molar-refractivity contribution in [1.82, 2.24) is 34.0 Å². The lowest BCUT2D eigenvalue weighted by Gasteiger charge is -2.34. The van der Waals surface area contributed by atoms with E-state index in [0.717, 1.165) is 6.54 Å². The zero-order chi connectivity index (χ0) is 24.5. The third-order valence-electron chi connectivity index (χ3n) is 6.16. The number of fused-ring (bicyclic) bond motifs is 2. The Morgan fingerprint density at radius 1 is 1.26 bits per heavy atom. The Balaban J connectivity index is 1.39. The number of hydrogen-bond acceptors (Lipinski definition) is 8. The maximum atomic E-state index is 14.8. The van der Waals surface area contributed by atoms with Gasteiger partial charge in [-0.05, 0) is 24.6 Å². The van der Waals surface area contributed by atoms with Crippen LogP contribution >= 0.6 is 0 Å². The van der Waals surface area contributed by atoms with Gasteiger partial charge in [0.25, 0.3) is 6.43 Å². The van der Waals surface area contributed by atoms with Gasteiger partial charge in [-0.2, -0.15) is 4.98 Å². The molecule has 1 aliphatic rings. The minimum absolute atomic E-state index is 0.193. The first-order valence-electron chi connectivity index (χ1n) is 11.3. The second kappa shape index (κ2) is 9.66. The van der Waals surface area contributed by atoms with Crippen molar-refractivity contribution in [3.63, 3.8) is 0 Å². The van der Waals surface area contributed by atoms with Gasteiger partial charge in [0, 0.05) is 38.5 Å². The summed E-state index contributed by atoms with van der Waals surface area (Å²) in [6, 6.07) is 4.81. The molecule has 0 aliphatic carbocycles. The predicted octanol–water partition coefficient (Wildman–Crippen LogP) is 2.46. The van der Waals surface area contributed by atoms with Crippen LogP contribution in [-0.2, 0) is 11.3 Å². The van der Waals surface area contributed by atoms with Crippen molar-refractivity contribution in [1.29, 1.82) is 0 Å². The van der Waals surface area contributed by atoms with E-state index in [1.165, 1.54) is 10.9 Å². The Kier molecular flexibility index (Phi) is 6.43. The number of nitrogens with one attached hydrogen (secondary N) is 1. The highest BCUT2D eigenvalue weighted by molar-refractivity contribution is 5.88. The Morgan fingerprint density at radius 3 is 2.89 bits per heavy atom. The number of piperidine rings is 1. The largest absolute Gasteiger partial charge is 0.383 e. The van der Waals surface area contributed by atoms with Crippen LogP contribution in [-0.4, -0.2) is 86.0 Å². The average molecular weight is 490 g/mol. The van der Waals surface area contributed by atoms with E-state index in [9.17, 15) is 13.2 Å². The number of nitrogens with two attached hydrogens (primary N) is 1. The molecule has 1 saturated heterocycles.